The topological polar surface area (TPSA) is 109 Å². The predicted molar refractivity (Wildman–Crippen MR) is 130 cm³/mol. The van der Waals surface area contributed by atoms with Crippen molar-refractivity contribution in [3.05, 3.63) is 80.5 Å². The molecule has 3 aromatic rings. The first-order valence-corrected chi connectivity index (χ1v) is 11.0. The van der Waals surface area contributed by atoms with Gasteiger partial charge in [-0.25, -0.2) is 9.59 Å². The molecule has 0 unspecified atom stereocenters. The van der Waals surface area contributed by atoms with Gasteiger partial charge in [0.1, 0.15) is 11.5 Å². The summed E-state index contributed by atoms with van der Waals surface area (Å²) >= 11 is 9.27. The summed E-state index contributed by atoms with van der Waals surface area (Å²) in [6, 6.07) is 12.7. The number of carbonyl (C=O) groups excluding carboxylic acids is 2. The van der Waals surface area contributed by atoms with Crippen LogP contribution in [0.15, 0.2) is 68.1 Å². The lowest BCUT2D eigenvalue weighted by Crippen LogP contribution is -2.21. The molecule has 0 radical (unpaired) electrons. The van der Waals surface area contributed by atoms with E-state index >= 15 is 0 Å². The minimum atomic E-state index is -1.21. The van der Waals surface area contributed by atoms with Gasteiger partial charge in [-0.1, -0.05) is 27.5 Å². The van der Waals surface area contributed by atoms with Crippen molar-refractivity contribution in [2.45, 2.75) is 6.92 Å². The average molecular weight is 544 g/mol. The maximum Gasteiger partial charge on any atom is 0.338 e. The van der Waals surface area contributed by atoms with E-state index in [4.69, 9.17) is 20.8 Å². The van der Waals surface area contributed by atoms with Gasteiger partial charge in [0.05, 0.1) is 40.2 Å². The van der Waals surface area contributed by atoms with Crippen molar-refractivity contribution in [3.63, 3.8) is 0 Å². The van der Waals surface area contributed by atoms with Crippen molar-refractivity contribution in [1.82, 2.24) is 0 Å². The van der Waals surface area contributed by atoms with E-state index in [2.05, 4.69) is 21.0 Å². The number of methoxy groups -OCH3 is 1. The van der Waals surface area contributed by atoms with E-state index in [0.29, 0.717) is 32.8 Å². The van der Waals surface area contributed by atoms with Crippen LogP contribution in [0.5, 0.6) is 0 Å². The smallest absolute Gasteiger partial charge is 0.338 e. The molecule has 0 spiro atoms. The maximum atomic E-state index is 13.0. The van der Waals surface area contributed by atoms with Crippen LogP contribution in [0.3, 0.4) is 0 Å². The Labute approximate surface area is 207 Å². The first-order valence-electron chi connectivity index (χ1n) is 9.82. The number of carbonyl (C=O) groups is 3. The lowest BCUT2D eigenvalue weighted by molar-refractivity contribution is -0.114. The van der Waals surface area contributed by atoms with Gasteiger partial charge in [0.15, 0.2) is 0 Å². The summed E-state index contributed by atoms with van der Waals surface area (Å²) < 4.78 is 11.5. The van der Waals surface area contributed by atoms with E-state index in [1.54, 1.807) is 37.3 Å². The summed E-state index contributed by atoms with van der Waals surface area (Å²) in [5.74, 6) is -1.39. The monoisotopic (exact) mass is 542 g/mol. The van der Waals surface area contributed by atoms with E-state index in [-0.39, 0.29) is 21.8 Å². The summed E-state index contributed by atoms with van der Waals surface area (Å²) in [6.07, 6.45) is 1.54. The third-order valence-electron chi connectivity index (χ3n) is 5.05. The van der Waals surface area contributed by atoms with Crippen molar-refractivity contribution in [1.29, 1.82) is 0 Å². The van der Waals surface area contributed by atoms with Gasteiger partial charge in [-0.15, -0.1) is 0 Å². The van der Waals surface area contributed by atoms with Crippen LogP contribution in [0.25, 0.3) is 17.4 Å². The maximum absolute atomic E-state index is 13.0. The quantitative estimate of drug-likeness (QED) is 0.329. The largest absolute Gasteiger partial charge is 0.478 e. The molecule has 1 aliphatic rings. The van der Waals surface area contributed by atoms with Crippen LogP contribution in [-0.2, 0) is 9.53 Å². The van der Waals surface area contributed by atoms with Gasteiger partial charge in [0, 0.05) is 10.0 Å². The number of amides is 1. The van der Waals surface area contributed by atoms with Crippen molar-refractivity contribution < 1.29 is 28.6 Å². The first kappa shape index (κ1) is 23.5. The number of anilines is 1. The summed E-state index contributed by atoms with van der Waals surface area (Å²) in [5.41, 5.74) is 1.69. The van der Waals surface area contributed by atoms with Gasteiger partial charge < -0.3 is 14.3 Å². The zero-order valence-corrected chi connectivity index (χ0v) is 20.2. The fourth-order valence-corrected chi connectivity index (χ4v) is 3.96. The number of benzene rings is 2. The molecule has 2 aromatic carbocycles. The normalized spacial score (nSPS) is 14.5. The Morgan fingerprint density at radius 3 is 2.62 bits per heavy atom. The molecule has 172 valence electrons. The number of halogens is 2. The van der Waals surface area contributed by atoms with Crippen molar-refractivity contribution >= 4 is 62.9 Å². The molecule has 1 aliphatic heterocycles. The van der Waals surface area contributed by atoms with Crippen LogP contribution in [0.2, 0.25) is 5.02 Å². The molecular weight excluding hydrogens is 528 g/mol. The van der Waals surface area contributed by atoms with Crippen LogP contribution >= 0.6 is 27.5 Å². The number of rotatable bonds is 5. The Balaban J connectivity index is 1.66. The molecule has 1 N–H and O–H groups in total. The van der Waals surface area contributed by atoms with Gasteiger partial charge in [-0.05, 0) is 61.5 Å². The molecule has 0 saturated carbocycles. The lowest BCUT2D eigenvalue weighted by Gasteiger charge is -2.12. The summed E-state index contributed by atoms with van der Waals surface area (Å²) in [7, 11) is 1.30. The highest BCUT2D eigenvalue weighted by molar-refractivity contribution is 9.10. The van der Waals surface area contributed by atoms with Gasteiger partial charge in [0.2, 0.25) is 0 Å². The molecule has 4 rings (SSSR count). The van der Waals surface area contributed by atoms with Gasteiger partial charge in [-0.2, -0.15) is 10.1 Å². The SMILES string of the molecule is COC(=O)c1cc(Br)ccc1-c1ccc(C=C2C(=O)N(c3ccc(Cl)c(C(=O)O)c3)N=C2C)o1. The number of hydrogen-bond donors (Lipinski definition) is 1. The van der Waals surface area contributed by atoms with E-state index in [0.717, 1.165) is 5.01 Å². The zero-order chi connectivity index (χ0) is 24.6. The number of esters is 1. The van der Waals surface area contributed by atoms with Crippen LogP contribution in [0.1, 0.15) is 33.4 Å². The molecule has 2 heterocycles. The Bertz CT molecular complexity index is 1410. The Morgan fingerprint density at radius 1 is 1.15 bits per heavy atom. The van der Waals surface area contributed by atoms with Gasteiger partial charge >= 0.3 is 11.9 Å². The van der Waals surface area contributed by atoms with E-state index in [1.807, 2.05) is 0 Å². The molecule has 10 heteroatoms. The highest BCUT2D eigenvalue weighted by atomic mass is 79.9. The number of hydrazone groups is 1. The second-order valence-corrected chi connectivity index (χ2v) is 8.54. The molecule has 8 nitrogen and oxygen atoms in total. The molecule has 0 fully saturated rings. The number of hydrogen-bond acceptors (Lipinski definition) is 6. The van der Waals surface area contributed by atoms with Crippen LogP contribution in [0, 0.1) is 0 Å². The summed E-state index contributed by atoms with van der Waals surface area (Å²) in [6.45, 7) is 1.66. The van der Waals surface area contributed by atoms with Gasteiger partial charge in [-0.3, -0.25) is 4.79 Å². The number of carboxylic acids is 1. The molecule has 0 atom stereocenters. The lowest BCUT2D eigenvalue weighted by atomic mass is 10.1. The van der Waals surface area contributed by atoms with Crippen molar-refractivity contribution in [2.24, 2.45) is 5.10 Å². The van der Waals surface area contributed by atoms with Crippen molar-refractivity contribution in [3.8, 4) is 11.3 Å². The molecular formula is C24H16BrClN2O6. The summed E-state index contributed by atoms with van der Waals surface area (Å²) in [5, 5.41) is 14.7. The van der Waals surface area contributed by atoms with E-state index in [9.17, 15) is 19.5 Å². The van der Waals surface area contributed by atoms with Crippen LogP contribution in [0.4, 0.5) is 5.69 Å². The molecule has 34 heavy (non-hydrogen) atoms. The number of aromatic carboxylic acids is 1. The minimum absolute atomic E-state index is 0.0572. The summed E-state index contributed by atoms with van der Waals surface area (Å²) in [4.78, 5) is 36.6. The fourth-order valence-electron chi connectivity index (χ4n) is 3.40. The Hall–Kier alpha value is -3.69. The Morgan fingerprint density at radius 2 is 1.91 bits per heavy atom. The fraction of sp³-hybridized carbons (Fsp3) is 0.0833. The number of ether oxygens (including phenoxy) is 1. The first-order chi connectivity index (χ1) is 16.2. The highest BCUT2D eigenvalue weighted by Gasteiger charge is 2.30. The molecule has 0 bridgehead atoms. The third-order valence-corrected chi connectivity index (χ3v) is 5.88. The number of carboxylic acid groups (broad SMARTS) is 1. The predicted octanol–water partition coefficient (Wildman–Crippen LogP) is 5.65. The van der Waals surface area contributed by atoms with Gasteiger partial charge in [0.25, 0.3) is 5.91 Å². The second kappa shape index (κ2) is 9.28. The second-order valence-electron chi connectivity index (χ2n) is 7.21. The third kappa shape index (κ3) is 4.40. The van der Waals surface area contributed by atoms with E-state index < -0.39 is 17.8 Å². The van der Waals surface area contributed by atoms with E-state index in [1.165, 1.54) is 31.4 Å². The average Bonchev–Trinajstić information content (AvgIpc) is 3.38. The van der Waals surface area contributed by atoms with Crippen LogP contribution < -0.4 is 5.01 Å². The minimum Gasteiger partial charge on any atom is -0.478 e. The standard InChI is InChI=1S/C24H16BrClN2O6/c1-12-17(22(29)28(27-12)14-4-7-20(26)19(10-14)23(30)31)11-15-5-8-21(34-15)16-6-3-13(25)9-18(16)24(32)33-2/h3-11H,1-2H3,(H,30,31). The molecule has 1 amide bonds. The van der Waals surface area contributed by atoms with Crippen LogP contribution in [-0.4, -0.2) is 35.8 Å². The molecule has 0 aliphatic carbocycles. The Kier molecular flexibility index (Phi) is 6.41. The zero-order valence-electron chi connectivity index (χ0n) is 17.8. The molecule has 1 aromatic heterocycles. The molecule has 0 saturated heterocycles. The number of furan rings is 1. The highest BCUT2D eigenvalue weighted by Crippen LogP contribution is 2.32. The number of nitrogens with zero attached hydrogens (tertiary/aromatic N) is 2. The van der Waals surface area contributed by atoms with Crippen molar-refractivity contribution in [2.75, 3.05) is 12.1 Å².